The highest BCUT2D eigenvalue weighted by Crippen LogP contribution is 2.27. The molecule has 0 spiro atoms. The van der Waals surface area contributed by atoms with Crippen LogP contribution in [0, 0.1) is 5.82 Å². The van der Waals surface area contributed by atoms with E-state index in [1.165, 1.54) is 24.3 Å². The molecule has 0 bridgehead atoms. The third kappa shape index (κ3) is 2.33. The van der Waals surface area contributed by atoms with Gasteiger partial charge in [-0.1, -0.05) is 30.3 Å². The molecular weight excluding hydrogens is 227 g/mol. The van der Waals surface area contributed by atoms with Crippen LogP contribution >= 0.6 is 0 Å². The van der Waals surface area contributed by atoms with Gasteiger partial charge in [0.1, 0.15) is 5.82 Å². The Hall–Kier alpha value is -1.96. The van der Waals surface area contributed by atoms with Gasteiger partial charge in [0.25, 0.3) is 0 Å². The standard InChI is InChI=1S/C16H15FO/c1-16(2,13-6-4-3-5-7-13)15(18)12-8-10-14(17)11-9-12/h3-11H,1-2H3. The molecule has 92 valence electrons. The maximum absolute atomic E-state index is 12.9. The van der Waals surface area contributed by atoms with Gasteiger partial charge in [0.05, 0.1) is 5.41 Å². The first-order chi connectivity index (χ1) is 8.51. The monoisotopic (exact) mass is 242 g/mol. The second-order valence-corrected chi connectivity index (χ2v) is 4.83. The van der Waals surface area contributed by atoms with Crippen molar-refractivity contribution in [1.29, 1.82) is 0 Å². The lowest BCUT2D eigenvalue weighted by molar-refractivity contribution is 0.0908. The highest BCUT2D eigenvalue weighted by atomic mass is 19.1. The SMILES string of the molecule is CC(C)(C(=O)c1ccc(F)cc1)c1ccccc1. The molecule has 0 aliphatic rings. The van der Waals surface area contributed by atoms with Crippen molar-refractivity contribution in [2.75, 3.05) is 0 Å². The van der Waals surface area contributed by atoms with Crippen molar-refractivity contribution >= 4 is 5.78 Å². The molecule has 0 aromatic heterocycles. The lowest BCUT2D eigenvalue weighted by atomic mass is 9.78. The zero-order valence-corrected chi connectivity index (χ0v) is 10.5. The first kappa shape index (κ1) is 12.5. The molecule has 18 heavy (non-hydrogen) atoms. The van der Waals surface area contributed by atoms with Crippen molar-refractivity contribution in [3.63, 3.8) is 0 Å². The van der Waals surface area contributed by atoms with Crippen LogP contribution in [0.15, 0.2) is 54.6 Å². The number of hydrogen-bond acceptors (Lipinski definition) is 1. The molecule has 0 radical (unpaired) electrons. The summed E-state index contributed by atoms with van der Waals surface area (Å²) in [6, 6.07) is 15.3. The van der Waals surface area contributed by atoms with Crippen LogP contribution in [0.3, 0.4) is 0 Å². The molecular formula is C16H15FO. The van der Waals surface area contributed by atoms with E-state index in [4.69, 9.17) is 0 Å². The Bertz CT molecular complexity index is 541. The van der Waals surface area contributed by atoms with Crippen molar-refractivity contribution < 1.29 is 9.18 Å². The van der Waals surface area contributed by atoms with E-state index < -0.39 is 5.41 Å². The third-order valence-electron chi connectivity index (χ3n) is 3.17. The van der Waals surface area contributed by atoms with Gasteiger partial charge in [-0.15, -0.1) is 0 Å². The Morgan fingerprint density at radius 3 is 2.06 bits per heavy atom. The van der Waals surface area contributed by atoms with Gasteiger partial charge in [-0.3, -0.25) is 4.79 Å². The maximum Gasteiger partial charge on any atom is 0.172 e. The van der Waals surface area contributed by atoms with E-state index in [0.29, 0.717) is 5.56 Å². The van der Waals surface area contributed by atoms with Gasteiger partial charge in [-0.2, -0.15) is 0 Å². The molecule has 2 heteroatoms. The van der Waals surface area contributed by atoms with Crippen LogP contribution in [0.4, 0.5) is 4.39 Å². The molecule has 2 aromatic rings. The summed E-state index contributed by atoms with van der Waals surface area (Å²) in [7, 11) is 0. The van der Waals surface area contributed by atoms with Crippen LogP contribution in [-0.2, 0) is 5.41 Å². The Morgan fingerprint density at radius 2 is 1.50 bits per heavy atom. The highest BCUT2D eigenvalue weighted by Gasteiger charge is 2.30. The minimum atomic E-state index is -0.612. The Kier molecular flexibility index (Phi) is 3.28. The van der Waals surface area contributed by atoms with Gasteiger partial charge in [0.15, 0.2) is 5.78 Å². The minimum Gasteiger partial charge on any atom is -0.293 e. The van der Waals surface area contributed by atoms with E-state index in [1.807, 2.05) is 44.2 Å². The van der Waals surface area contributed by atoms with Gasteiger partial charge in [0, 0.05) is 5.56 Å². The summed E-state index contributed by atoms with van der Waals surface area (Å²) in [5.41, 5.74) is 0.878. The predicted molar refractivity (Wildman–Crippen MR) is 70.2 cm³/mol. The van der Waals surface area contributed by atoms with Crippen molar-refractivity contribution in [2.24, 2.45) is 0 Å². The van der Waals surface area contributed by atoms with Crippen molar-refractivity contribution in [3.8, 4) is 0 Å². The fraction of sp³-hybridized carbons (Fsp3) is 0.188. The van der Waals surface area contributed by atoms with E-state index in [1.54, 1.807) is 0 Å². The molecule has 0 fully saturated rings. The predicted octanol–water partition coefficient (Wildman–Crippen LogP) is 3.99. The summed E-state index contributed by atoms with van der Waals surface area (Å²) in [6.45, 7) is 3.77. The number of ketones is 1. The van der Waals surface area contributed by atoms with E-state index in [0.717, 1.165) is 5.56 Å². The molecule has 0 saturated heterocycles. The van der Waals surface area contributed by atoms with Gasteiger partial charge in [0.2, 0.25) is 0 Å². The van der Waals surface area contributed by atoms with Crippen LogP contribution < -0.4 is 0 Å². The molecule has 0 atom stereocenters. The average molecular weight is 242 g/mol. The molecule has 0 unspecified atom stereocenters. The Labute approximate surface area is 106 Å². The Balaban J connectivity index is 2.36. The number of benzene rings is 2. The lowest BCUT2D eigenvalue weighted by Gasteiger charge is -2.23. The Morgan fingerprint density at radius 1 is 0.944 bits per heavy atom. The molecule has 0 N–H and O–H groups in total. The van der Waals surface area contributed by atoms with E-state index in [2.05, 4.69) is 0 Å². The summed E-state index contributed by atoms with van der Waals surface area (Å²) in [6.07, 6.45) is 0. The molecule has 0 aliphatic heterocycles. The number of halogens is 1. The fourth-order valence-corrected chi connectivity index (χ4v) is 1.95. The minimum absolute atomic E-state index is 0.00583. The maximum atomic E-state index is 12.9. The van der Waals surface area contributed by atoms with Crippen molar-refractivity contribution in [1.82, 2.24) is 0 Å². The van der Waals surface area contributed by atoms with E-state index >= 15 is 0 Å². The summed E-state index contributed by atoms with van der Waals surface area (Å²) in [5.74, 6) is -0.335. The van der Waals surface area contributed by atoms with E-state index in [-0.39, 0.29) is 11.6 Å². The van der Waals surface area contributed by atoms with Gasteiger partial charge < -0.3 is 0 Å². The molecule has 0 aliphatic carbocycles. The lowest BCUT2D eigenvalue weighted by Crippen LogP contribution is -2.29. The van der Waals surface area contributed by atoms with Crippen molar-refractivity contribution in [2.45, 2.75) is 19.3 Å². The number of carbonyl (C=O) groups is 1. The first-order valence-electron chi connectivity index (χ1n) is 5.88. The van der Waals surface area contributed by atoms with Gasteiger partial charge in [-0.25, -0.2) is 4.39 Å². The highest BCUT2D eigenvalue weighted by molar-refractivity contribution is 6.03. The first-order valence-corrected chi connectivity index (χ1v) is 5.88. The zero-order valence-electron chi connectivity index (χ0n) is 10.5. The normalized spacial score (nSPS) is 11.3. The summed E-state index contributed by atoms with van der Waals surface area (Å²) >= 11 is 0. The van der Waals surface area contributed by atoms with Gasteiger partial charge in [-0.05, 0) is 43.7 Å². The number of carbonyl (C=O) groups excluding carboxylic acids is 1. The number of rotatable bonds is 3. The zero-order chi connectivity index (χ0) is 13.2. The quantitative estimate of drug-likeness (QED) is 0.744. The summed E-state index contributed by atoms with van der Waals surface area (Å²) in [4.78, 5) is 12.5. The van der Waals surface area contributed by atoms with Crippen LogP contribution in [-0.4, -0.2) is 5.78 Å². The topological polar surface area (TPSA) is 17.1 Å². The van der Waals surface area contributed by atoms with E-state index in [9.17, 15) is 9.18 Å². The van der Waals surface area contributed by atoms with Crippen LogP contribution in [0.5, 0.6) is 0 Å². The molecule has 2 aromatic carbocycles. The number of hydrogen-bond donors (Lipinski definition) is 0. The molecule has 0 amide bonds. The molecule has 1 nitrogen and oxygen atoms in total. The van der Waals surface area contributed by atoms with Gasteiger partial charge >= 0.3 is 0 Å². The van der Waals surface area contributed by atoms with Crippen LogP contribution in [0.1, 0.15) is 29.8 Å². The smallest absolute Gasteiger partial charge is 0.172 e. The molecule has 0 saturated carbocycles. The number of Topliss-reactive ketones (excluding diaryl/α,β-unsaturated/α-hetero) is 1. The summed E-state index contributed by atoms with van der Waals surface area (Å²) in [5, 5.41) is 0. The average Bonchev–Trinajstić information content (AvgIpc) is 2.40. The van der Waals surface area contributed by atoms with Crippen LogP contribution in [0.25, 0.3) is 0 Å². The second kappa shape index (κ2) is 4.73. The fourth-order valence-electron chi connectivity index (χ4n) is 1.95. The third-order valence-corrected chi connectivity index (χ3v) is 3.17. The second-order valence-electron chi connectivity index (χ2n) is 4.83. The van der Waals surface area contributed by atoms with Crippen LogP contribution in [0.2, 0.25) is 0 Å². The largest absolute Gasteiger partial charge is 0.293 e. The van der Waals surface area contributed by atoms with Crippen molar-refractivity contribution in [3.05, 3.63) is 71.5 Å². The summed E-state index contributed by atoms with van der Waals surface area (Å²) < 4.78 is 12.9. The molecule has 0 heterocycles. The molecule has 2 rings (SSSR count).